The summed E-state index contributed by atoms with van der Waals surface area (Å²) in [5.74, 6) is -2.05. The lowest BCUT2D eigenvalue weighted by Gasteiger charge is -2.07. The highest BCUT2D eigenvalue weighted by Gasteiger charge is 2.14. The van der Waals surface area contributed by atoms with Crippen molar-refractivity contribution in [1.29, 1.82) is 0 Å². The molecule has 2 unspecified atom stereocenters. The molecule has 0 amide bonds. The Kier molecular flexibility index (Phi) is 11.2. The van der Waals surface area contributed by atoms with Crippen LogP contribution in [0.1, 0.15) is 33.1 Å². The summed E-state index contributed by atoms with van der Waals surface area (Å²) >= 11 is 0. The van der Waals surface area contributed by atoms with E-state index < -0.39 is 24.1 Å². The second-order valence-corrected chi connectivity index (χ2v) is 3.22. The van der Waals surface area contributed by atoms with Crippen LogP contribution in [0.2, 0.25) is 0 Å². The van der Waals surface area contributed by atoms with Crippen LogP contribution in [0.5, 0.6) is 0 Å². The second kappa shape index (κ2) is 10.4. The fourth-order valence-electron chi connectivity index (χ4n) is 0.732. The van der Waals surface area contributed by atoms with Gasteiger partial charge in [-0.3, -0.25) is 0 Å². The smallest absolute Gasteiger partial charge is 0.332 e. The van der Waals surface area contributed by atoms with Crippen LogP contribution in [0.15, 0.2) is 0 Å². The number of methoxy groups -OCH3 is 1. The maximum absolute atomic E-state index is 10.3. The number of carboxylic acid groups (broad SMARTS) is 2. The minimum absolute atomic E-state index is 0.611. The highest BCUT2D eigenvalue weighted by Crippen LogP contribution is 2.03. The van der Waals surface area contributed by atoms with Crippen LogP contribution in [0, 0.1) is 0 Å². The molecule has 0 fully saturated rings. The standard InChI is InChI=1S/C7H14O3.C3H6O3/c1-3-4-5-6(10-2)7(8)9;1-2(4)3(5)6/h6H,3-5H2,1-2H3,(H,8,9);2,4H,1H3,(H,5,6). The SMILES string of the molecule is CC(O)C(=O)O.CCCCC(OC)C(=O)O. The zero-order valence-corrected chi connectivity index (χ0v) is 9.84. The third-order valence-corrected chi connectivity index (χ3v) is 1.74. The summed E-state index contributed by atoms with van der Waals surface area (Å²) in [6.45, 7) is 3.22. The lowest BCUT2D eigenvalue weighted by atomic mass is 10.2. The average molecular weight is 236 g/mol. The van der Waals surface area contributed by atoms with Crippen molar-refractivity contribution < 1.29 is 29.6 Å². The van der Waals surface area contributed by atoms with Gasteiger partial charge in [-0.05, 0) is 13.3 Å². The molecule has 2 atom stereocenters. The Morgan fingerprint density at radius 3 is 1.88 bits per heavy atom. The number of hydrogen-bond acceptors (Lipinski definition) is 4. The zero-order chi connectivity index (χ0) is 13.1. The van der Waals surface area contributed by atoms with Gasteiger partial charge < -0.3 is 20.1 Å². The Morgan fingerprint density at radius 2 is 1.69 bits per heavy atom. The minimum atomic E-state index is -1.23. The second-order valence-electron chi connectivity index (χ2n) is 3.22. The van der Waals surface area contributed by atoms with Crippen LogP contribution in [0.3, 0.4) is 0 Å². The lowest BCUT2D eigenvalue weighted by Crippen LogP contribution is -2.21. The molecule has 0 radical (unpaired) electrons. The molecule has 0 aromatic carbocycles. The Morgan fingerprint density at radius 1 is 1.25 bits per heavy atom. The maximum atomic E-state index is 10.3. The molecular weight excluding hydrogens is 216 g/mol. The van der Waals surface area contributed by atoms with Crippen molar-refractivity contribution in [1.82, 2.24) is 0 Å². The molecule has 3 N–H and O–H groups in total. The van der Waals surface area contributed by atoms with E-state index in [1.165, 1.54) is 14.0 Å². The number of rotatable bonds is 6. The molecule has 0 saturated heterocycles. The van der Waals surface area contributed by atoms with E-state index in [-0.39, 0.29) is 0 Å². The van der Waals surface area contributed by atoms with E-state index >= 15 is 0 Å². The molecule has 0 rings (SSSR count). The molecule has 0 bridgehead atoms. The van der Waals surface area contributed by atoms with E-state index in [1.807, 2.05) is 6.92 Å². The van der Waals surface area contributed by atoms with Crippen LogP contribution in [-0.2, 0) is 14.3 Å². The molecule has 6 heteroatoms. The number of hydrogen-bond donors (Lipinski definition) is 3. The van der Waals surface area contributed by atoms with Crippen molar-refractivity contribution in [3.63, 3.8) is 0 Å². The third kappa shape index (κ3) is 10.9. The largest absolute Gasteiger partial charge is 0.479 e. The molecule has 0 spiro atoms. The van der Waals surface area contributed by atoms with E-state index in [4.69, 9.17) is 20.1 Å². The van der Waals surface area contributed by atoms with Gasteiger partial charge in [0.05, 0.1) is 0 Å². The van der Waals surface area contributed by atoms with Gasteiger partial charge in [-0.1, -0.05) is 19.8 Å². The molecule has 96 valence electrons. The van der Waals surface area contributed by atoms with Crippen molar-refractivity contribution in [3.05, 3.63) is 0 Å². The van der Waals surface area contributed by atoms with E-state index in [2.05, 4.69) is 0 Å². The van der Waals surface area contributed by atoms with E-state index in [9.17, 15) is 9.59 Å². The topological polar surface area (TPSA) is 104 Å². The van der Waals surface area contributed by atoms with Gasteiger partial charge in [0.25, 0.3) is 0 Å². The molecule has 0 saturated carbocycles. The molecule has 0 aliphatic heterocycles. The number of aliphatic hydroxyl groups excluding tert-OH is 1. The number of ether oxygens (including phenoxy) is 1. The van der Waals surface area contributed by atoms with E-state index in [0.717, 1.165) is 12.8 Å². The van der Waals surface area contributed by atoms with Crippen molar-refractivity contribution in [2.45, 2.75) is 45.3 Å². The van der Waals surface area contributed by atoms with Crippen molar-refractivity contribution >= 4 is 11.9 Å². The van der Waals surface area contributed by atoms with Crippen LogP contribution >= 0.6 is 0 Å². The average Bonchev–Trinajstić information content (AvgIpc) is 2.19. The Bertz CT molecular complexity index is 201. The van der Waals surface area contributed by atoms with Crippen LogP contribution in [0.25, 0.3) is 0 Å². The van der Waals surface area contributed by atoms with Gasteiger partial charge in [-0.25, -0.2) is 9.59 Å². The molecule has 16 heavy (non-hydrogen) atoms. The predicted molar refractivity (Wildman–Crippen MR) is 57.3 cm³/mol. The summed E-state index contributed by atoms with van der Waals surface area (Å²) in [5.41, 5.74) is 0. The van der Waals surface area contributed by atoms with Crippen LogP contribution in [-0.4, -0.2) is 46.6 Å². The highest BCUT2D eigenvalue weighted by molar-refractivity contribution is 5.72. The van der Waals surface area contributed by atoms with Gasteiger partial charge in [0.2, 0.25) is 0 Å². The first-order valence-electron chi connectivity index (χ1n) is 5.03. The van der Waals surface area contributed by atoms with Gasteiger partial charge in [-0.2, -0.15) is 0 Å². The quantitative estimate of drug-likeness (QED) is 0.628. The van der Waals surface area contributed by atoms with Gasteiger partial charge in [0.15, 0.2) is 6.10 Å². The number of carbonyl (C=O) groups is 2. The monoisotopic (exact) mass is 236 g/mol. The summed E-state index contributed by atoms with van der Waals surface area (Å²) in [5, 5.41) is 24.2. The molecule has 0 aromatic rings. The summed E-state index contributed by atoms with van der Waals surface area (Å²) < 4.78 is 4.71. The van der Waals surface area contributed by atoms with Gasteiger partial charge in [0.1, 0.15) is 6.10 Å². The highest BCUT2D eigenvalue weighted by atomic mass is 16.5. The summed E-state index contributed by atoms with van der Waals surface area (Å²) in [7, 11) is 1.43. The third-order valence-electron chi connectivity index (χ3n) is 1.74. The van der Waals surface area contributed by atoms with E-state index in [0.29, 0.717) is 6.42 Å². The molecule has 0 aliphatic carbocycles. The lowest BCUT2D eigenvalue weighted by molar-refractivity contribution is -0.149. The zero-order valence-electron chi connectivity index (χ0n) is 9.84. The fraction of sp³-hybridized carbons (Fsp3) is 0.800. The maximum Gasteiger partial charge on any atom is 0.332 e. The Labute approximate surface area is 94.8 Å². The number of unbranched alkanes of at least 4 members (excludes halogenated alkanes) is 1. The Hall–Kier alpha value is -1.14. The molecule has 0 aliphatic rings. The van der Waals surface area contributed by atoms with Gasteiger partial charge in [-0.15, -0.1) is 0 Å². The number of aliphatic carboxylic acids is 2. The van der Waals surface area contributed by atoms with Crippen molar-refractivity contribution in [2.24, 2.45) is 0 Å². The molecule has 0 heterocycles. The number of carboxylic acids is 2. The first-order valence-corrected chi connectivity index (χ1v) is 5.03. The fourth-order valence-corrected chi connectivity index (χ4v) is 0.732. The first-order chi connectivity index (χ1) is 7.36. The molecule has 6 nitrogen and oxygen atoms in total. The van der Waals surface area contributed by atoms with Gasteiger partial charge >= 0.3 is 11.9 Å². The normalized spacial score (nSPS) is 13.2. The minimum Gasteiger partial charge on any atom is -0.479 e. The predicted octanol–water partition coefficient (Wildman–Crippen LogP) is 0.728. The van der Waals surface area contributed by atoms with Gasteiger partial charge in [0, 0.05) is 7.11 Å². The van der Waals surface area contributed by atoms with Crippen molar-refractivity contribution in [2.75, 3.05) is 7.11 Å². The van der Waals surface area contributed by atoms with Crippen LogP contribution < -0.4 is 0 Å². The Balaban J connectivity index is 0. The summed E-state index contributed by atoms with van der Waals surface area (Å²) in [6.07, 6.45) is 0.685. The summed E-state index contributed by atoms with van der Waals surface area (Å²) in [4.78, 5) is 19.8. The van der Waals surface area contributed by atoms with E-state index in [1.54, 1.807) is 0 Å². The molecular formula is C10H20O6. The molecule has 0 aromatic heterocycles. The van der Waals surface area contributed by atoms with Crippen molar-refractivity contribution in [3.8, 4) is 0 Å². The first kappa shape index (κ1) is 17.3. The van der Waals surface area contributed by atoms with Crippen LogP contribution in [0.4, 0.5) is 0 Å². The number of aliphatic hydroxyl groups is 1. The summed E-state index contributed by atoms with van der Waals surface area (Å²) in [6, 6.07) is 0.